The minimum atomic E-state index is -1.06. The van der Waals surface area contributed by atoms with Crippen molar-refractivity contribution >= 4 is 12.0 Å². The number of benzene rings is 1. The molecular formula is C15H20N2O3. The standard InChI is InChI=1S/C15H20N2O3/c1-15(2,3)16-13(18)12-8-10-6-4-5-7-11(10)9-17(12)14(19)20/h4-7,12H,8-9H2,1-3H3,(H,16,18)(H,19,20)/t12-/m0/s1. The summed E-state index contributed by atoms with van der Waals surface area (Å²) < 4.78 is 0. The van der Waals surface area contributed by atoms with Gasteiger partial charge in [-0.1, -0.05) is 24.3 Å². The van der Waals surface area contributed by atoms with E-state index in [0.29, 0.717) is 6.42 Å². The zero-order valence-electron chi connectivity index (χ0n) is 12.0. The van der Waals surface area contributed by atoms with Crippen LogP contribution in [0.3, 0.4) is 0 Å². The van der Waals surface area contributed by atoms with Crippen LogP contribution in [0.25, 0.3) is 0 Å². The number of nitrogens with zero attached hydrogens (tertiary/aromatic N) is 1. The Morgan fingerprint density at radius 1 is 1.25 bits per heavy atom. The molecule has 0 fully saturated rings. The predicted octanol–water partition coefficient (Wildman–Crippen LogP) is 2.01. The van der Waals surface area contributed by atoms with Crippen LogP contribution < -0.4 is 5.32 Å². The number of nitrogens with one attached hydrogen (secondary N) is 1. The molecule has 0 saturated heterocycles. The van der Waals surface area contributed by atoms with Crippen LogP contribution in [0.5, 0.6) is 0 Å². The highest BCUT2D eigenvalue weighted by Crippen LogP contribution is 2.23. The molecular weight excluding hydrogens is 256 g/mol. The number of carboxylic acid groups (broad SMARTS) is 1. The zero-order valence-corrected chi connectivity index (χ0v) is 12.0. The van der Waals surface area contributed by atoms with Gasteiger partial charge < -0.3 is 10.4 Å². The van der Waals surface area contributed by atoms with Gasteiger partial charge in [0.2, 0.25) is 5.91 Å². The normalized spacial score (nSPS) is 18.4. The van der Waals surface area contributed by atoms with E-state index in [2.05, 4.69) is 5.32 Å². The van der Waals surface area contributed by atoms with Gasteiger partial charge in [0.05, 0.1) is 6.54 Å². The number of rotatable bonds is 1. The molecule has 2 amide bonds. The Morgan fingerprint density at radius 3 is 2.40 bits per heavy atom. The Morgan fingerprint density at radius 2 is 1.85 bits per heavy atom. The molecule has 1 aromatic carbocycles. The quantitative estimate of drug-likeness (QED) is 0.824. The summed E-state index contributed by atoms with van der Waals surface area (Å²) in [7, 11) is 0. The maximum absolute atomic E-state index is 12.3. The van der Waals surface area contributed by atoms with Gasteiger partial charge in [0.1, 0.15) is 6.04 Å². The second kappa shape index (κ2) is 5.15. The Labute approximate surface area is 118 Å². The van der Waals surface area contributed by atoms with Gasteiger partial charge >= 0.3 is 6.09 Å². The lowest BCUT2D eigenvalue weighted by Gasteiger charge is -2.35. The van der Waals surface area contributed by atoms with E-state index in [4.69, 9.17) is 0 Å². The molecule has 1 aromatic rings. The summed E-state index contributed by atoms with van der Waals surface area (Å²) in [5.74, 6) is -0.241. The third-order valence-electron chi connectivity index (χ3n) is 3.30. The molecule has 0 bridgehead atoms. The molecule has 0 aromatic heterocycles. The van der Waals surface area contributed by atoms with Crippen molar-refractivity contribution in [2.75, 3.05) is 0 Å². The molecule has 5 heteroatoms. The van der Waals surface area contributed by atoms with Crippen LogP contribution in [-0.2, 0) is 17.8 Å². The lowest BCUT2D eigenvalue weighted by atomic mass is 9.93. The van der Waals surface area contributed by atoms with Gasteiger partial charge in [-0.2, -0.15) is 0 Å². The van der Waals surface area contributed by atoms with E-state index in [1.165, 1.54) is 4.90 Å². The van der Waals surface area contributed by atoms with E-state index in [0.717, 1.165) is 11.1 Å². The minimum absolute atomic E-state index is 0.241. The van der Waals surface area contributed by atoms with Crippen molar-refractivity contribution in [1.82, 2.24) is 10.2 Å². The third-order valence-corrected chi connectivity index (χ3v) is 3.30. The van der Waals surface area contributed by atoms with E-state index in [-0.39, 0.29) is 18.0 Å². The summed E-state index contributed by atoms with van der Waals surface area (Å²) in [5, 5.41) is 12.2. The molecule has 108 valence electrons. The first kappa shape index (κ1) is 14.4. The topological polar surface area (TPSA) is 69.6 Å². The highest BCUT2D eigenvalue weighted by Gasteiger charge is 2.35. The van der Waals surface area contributed by atoms with E-state index >= 15 is 0 Å². The highest BCUT2D eigenvalue weighted by atomic mass is 16.4. The average Bonchev–Trinajstić information content (AvgIpc) is 2.35. The lowest BCUT2D eigenvalue weighted by molar-refractivity contribution is -0.127. The fourth-order valence-electron chi connectivity index (χ4n) is 2.41. The van der Waals surface area contributed by atoms with Crippen molar-refractivity contribution < 1.29 is 14.7 Å². The van der Waals surface area contributed by atoms with E-state index in [1.54, 1.807) is 0 Å². The largest absolute Gasteiger partial charge is 0.465 e. The molecule has 1 heterocycles. The summed E-state index contributed by atoms with van der Waals surface area (Å²) in [6.07, 6.45) is -0.640. The molecule has 1 aliphatic heterocycles. The first-order valence-electron chi connectivity index (χ1n) is 6.66. The van der Waals surface area contributed by atoms with Crippen molar-refractivity contribution in [3.05, 3.63) is 35.4 Å². The van der Waals surface area contributed by atoms with Crippen LogP contribution >= 0.6 is 0 Å². The summed E-state index contributed by atoms with van der Waals surface area (Å²) >= 11 is 0. The fraction of sp³-hybridized carbons (Fsp3) is 0.467. The molecule has 20 heavy (non-hydrogen) atoms. The monoisotopic (exact) mass is 276 g/mol. The molecule has 1 atom stereocenters. The summed E-state index contributed by atoms with van der Waals surface area (Å²) in [6, 6.07) is 6.99. The Balaban J connectivity index is 2.27. The summed E-state index contributed by atoms with van der Waals surface area (Å²) in [4.78, 5) is 24.9. The molecule has 5 nitrogen and oxygen atoms in total. The SMILES string of the molecule is CC(C)(C)NC(=O)[C@@H]1Cc2ccccc2CN1C(=O)O. The van der Waals surface area contributed by atoms with Gasteiger partial charge in [0, 0.05) is 12.0 Å². The van der Waals surface area contributed by atoms with Crippen LogP contribution in [-0.4, -0.2) is 33.6 Å². The van der Waals surface area contributed by atoms with Gasteiger partial charge in [-0.3, -0.25) is 9.69 Å². The van der Waals surface area contributed by atoms with Crippen molar-refractivity contribution in [3.8, 4) is 0 Å². The van der Waals surface area contributed by atoms with Crippen molar-refractivity contribution in [3.63, 3.8) is 0 Å². The first-order chi connectivity index (χ1) is 9.28. The third kappa shape index (κ3) is 3.10. The molecule has 0 radical (unpaired) electrons. The van der Waals surface area contributed by atoms with Gasteiger partial charge in [-0.25, -0.2) is 4.79 Å². The highest BCUT2D eigenvalue weighted by molar-refractivity contribution is 5.86. The lowest BCUT2D eigenvalue weighted by Crippen LogP contribution is -2.55. The first-order valence-corrected chi connectivity index (χ1v) is 6.66. The molecule has 2 rings (SSSR count). The van der Waals surface area contributed by atoms with Crippen LogP contribution in [0.15, 0.2) is 24.3 Å². The van der Waals surface area contributed by atoms with Crippen molar-refractivity contribution in [1.29, 1.82) is 0 Å². The molecule has 0 aliphatic carbocycles. The number of carbonyl (C=O) groups excluding carboxylic acids is 1. The Kier molecular flexibility index (Phi) is 3.70. The molecule has 0 spiro atoms. The number of fused-ring (bicyclic) bond motifs is 1. The molecule has 0 saturated carbocycles. The zero-order chi connectivity index (χ0) is 14.9. The van der Waals surface area contributed by atoms with Crippen LogP contribution in [0, 0.1) is 0 Å². The van der Waals surface area contributed by atoms with E-state index < -0.39 is 12.1 Å². The number of amides is 2. The second-order valence-electron chi connectivity index (χ2n) is 6.14. The molecule has 2 N–H and O–H groups in total. The van der Waals surface area contributed by atoms with Crippen LogP contribution in [0.2, 0.25) is 0 Å². The van der Waals surface area contributed by atoms with Gasteiger partial charge in [-0.05, 0) is 31.9 Å². The fourth-order valence-corrected chi connectivity index (χ4v) is 2.41. The van der Waals surface area contributed by atoms with E-state index in [1.807, 2.05) is 45.0 Å². The van der Waals surface area contributed by atoms with Crippen molar-refractivity contribution in [2.24, 2.45) is 0 Å². The summed E-state index contributed by atoms with van der Waals surface area (Å²) in [5.41, 5.74) is 1.63. The maximum atomic E-state index is 12.3. The van der Waals surface area contributed by atoms with Gasteiger partial charge in [0.15, 0.2) is 0 Å². The number of hydrogen-bond donors (Lipinski definition) is 2. The van der Waals surface area contributed by atoms with Crippen molar-refractivity contribution in [2.45, 2.75) is 45.3 Å². The minimum Gasteiger partial charge on any atom is -0.465 e. The molecule has 1 aliphatic rings. The average molecular weight is 276 g/mol. The Bertz CT molecular complexity index is 534. The second-order valence-corrected chi connectivity index (χ2v) is 6.14. The summed E-state index contributed by atoms with van der Waals surface area (Å²) in [6.45, 7) is 5.90. The molecule has 0 unspecified atom stereocenters. The van der Waals surface area contributed by atoms with Crippen LogP contribution in [0.4, 0.5) is 4.79 Å². The maximum Gasteiger partial charge on any atom is 0.408 e. The smallest absolute Gasteiger partial charge is 0.408 e. The van der Waals surface area contributed by atoms with E-state index in [9.17, 15) is 14.7 Å². The Hall–Kier alpha value is -2.04. The van der Waals surface area contributed by atoms with Crippen LogP contribution in [0.1, 0.15) is 31.9 Å². The predicted molar refractivity (Wildman–Crippen MR) is 75.4 cm³/mol. The number of carbonyl (C=O) groups is 2. The number of hydrogen-bond acceptors (Lipinski definition) is 2. The van der Waals surface area contributed by atoms with Gasteiger partial charge in [-0.15, -0.1) is 0 Å². The van der Waals surface area contributed by atoms with Gasteiger partial charge in [0.25, 0.3) is 0 Å².